The summed E-state index contributed by atoms with van der Waals surface area (Å²) < 4.78 is 11.1. The molecule has 0 aromatic heterocycles. The van der Waals surface area contributed by atoms with Gasteiger partial charge in [0.15, 0.2) is 6.29 Å². The summed E-state index contributed by atoms with van der Waals surface area (Å²) in [5.74, 6) is -0.716. The van der Waals surface area contributed by atoms with Gasteiger partial charge in [0, 0.05) is 0 Å². The summed E-state index contributed by atoms with van der Waals surface area (Å²) >= 11 is 0. The Morgan fingerprint density at radius 2 is 0.887 bits per heavy atom. The van der Waals surface area contributed by atoms with Gasteiger partial charge in [-0.3, -0.25) is 4.79 Å². The van der Waals surface area contributed by atoms with Crippen molar-refractivity contribution in [2.45, 2.75) is 300 Å². The summed E-state index contributed by atoms with van der Waals surface area (Å²) in [6.45, 7) is 3.43. The minimum atomic E-state index is -1.68. The molecule has 8 N–H and O–H groups in total. The molecule has 0 aromatic rings. The fraction of sp³-hybridized carbons (Fsp3) is 0.817. The summed E-state index contributed by atoms with van der Waals surface area (Å²) in [5, 5.41) is 76.1. The maximum Gasteiger partial charge on any atom is 0.249 e. The average molecular weight is 1000 g/mol. The molecule has 9 unspecified atom stereocenters. The van der Waals surface area contributed by atoms with Gasteiger partial charge >= 0.3 is 0 Å². The van der Waals surface area contributed by atoms with Crippen LogP contribution >= 0.6 is 0 Å². The molecule has 0 radical (unpaired) electrons. The quantitative estimate of drug-likeness (QED) is 0.0215. The number of allylic oxidation sites excluding steroid dienone is 10. The van der Waals surface area contributed by atoms with E-state index in [1.54, 1.807) is 0 Å². The third-order valence-electron chi connectivity index (χ3n) is 13.7. The van der Waals surface area contributed by atoms with Gasteiger partial charge in [0.1, 0.15) is 36.6 Å². The molecular formula is C60H109NO10. The van der Waals surface area contributed by atoms with Gasteiger partial charge in [0.05, 0.1) is 25.4 Å². The Labute approximate surface area is 433 Å². The zero-order valence-electron chi connectivity index (χ0n) is 45.2. The molecule has 11 heteroatoms. The highest BCUT2D eigenvalue weighted by Crippen LogP contribution is 2.23. The van der Waals surface area contributed by atoms with Crippen LogP contribution in [0.4, 0.5) is 0 Å². The number of hydrogen-bond acceptors (Lipinski definition) is 10. The molecule has 414 valence electrons. The number of nitrogens with one attached hydrogen (secondary N) is 1. The Hall–Kier alpha value is -2.19. The first-order valence-electron chi connectivity index (χ1n) is 29.2. The zero-order valence-corrected chi connectivity index (χ0v) is 45.2. The maximum absolute atomic E-state index is 13.2. The molecule has 1 amide bonds. The lowest BCUT2D eigenvalue weighted by Gasteiger charge is -2.40. The topological polar surface area (TPSA) is 189 Å². The summed E-state index contributed by atoms with van der Waals surface area (Å²) in [7, 11) is 0. The van der Waals surface area contributed by atoms with Gasteiger partial charge in [-0.25, -0.2) is 0 Å². The molecule has 1 aliphatic rings. The molecule has 0 bridgehead atoms. The van der Waals surface area contributed by atoms with Crippen LogP contribution < -0.4 is 5.32 Å². The van der Waals surface area contributed by atoms with Crippen LogP contribution in [0.3, 0.4) is 0 Å². The van der Waals surface area contributed by atoms with Gasteiger partial charge in [-0.05, 0) is 96.3 Å². The highest BCUT2D eigenvalue weighted by atomic mass is 16.7. The number of unbranched alkanes of at least 4 members (excludes halogenated alkanes) is 27. The Morgan fingerprint density at radius 3 is 1.34 bits per heavy atom. The molecule has 0 saturated carbocycles. The molecular weight excluding hydrogens is 895 g/mol. The van der Waals surface area contributed by atoms with Gasteiger partial charge in [-0.1, -0.05) is 209 Å². The highest BCUT2D eigenvalue weighted by molar-refractivity contribution is 5.80. The molecule has 0 aliphatic carbocycles. The first kappa shape index (κ1) is 66.8. The van der Waals surface area contributed by atoms with Crippen molar-refractivity contribution < 1.29 is 50.0 Å². The molecule has 1 aliphatic heterocycles. The number of hydrogen-bond donors (Lipinski definition) is 8. The number of aliphatic hydroxyl groups is 7. The maximum atomic E-state index is 13.2. The predicted molar refractivity (Wildman–Crippen MR) is 293 cm³/mol. The van der Waals surface area contributed by atoms with E-state index in [4.69, 9.17) is 9.47 Å². The number of amides is 1. The van der Waals surface area contributed by atoms with Gasteiger partial charge in [-0.2, -0.15) is 0 Å². The van der Waals surface area contributed by atoms with Gasteiger partial charge in [0.25, 0.3) is 0 Å². The third kappa shape index (κ3) is 37.2. The van der Waals surface area contributed by atoms with Crippen LogP contribution in [0, 0.1) is 0 Å². The van der Waals surface area contributed by atoms with Crippen molar-refractivity contribution in [3.05, 3.63) is 60.8 Å². The van der Waals surface area contributed by atoms with Crippen LogP contribution in [0.25, 0.3) is 0 Å². The minimum Gasteiger partial charge on any atom is -0.394 e. The Bertz CT molecular complexity index is 1340. The lowest BCUT2D eigenvalue weighted by Crippen LogP contribution is -2.60. The van der Waals surface area contributed by atoms with Crippen LogP contribution in [0.2, 0.25) is 0 Å². The van der Waals surface area contributed by atoms with Crippen molar-refractivity contribution in [3.8, 4) is 0 Å². The van der Waals surface area contributed by atoms with Crippen molar-refractivity contribution >= 4 is 5.91 Å². The zero-order chi connectivity index (χ0) is 51.8. The highest BCUT2D eigenvalue weighted by Gasteiger charge is 2.44. The van der Waals surface area contributed by atoms with E-state index in [0.717, 1.165) is 57.8 Å². The summed E-state index contributed by atoms with van der Waals surface area (Å²) in [5.41, 5.74) is 0. The minimum absolute atomic E-state index is 0.238. The van der Waals surface area contributed by atoms with Gasteiger partial charge in [0.2, 0.25) is 5.91 Å². The SMILES string of the molecule is CCCCCCC/C=C/CC/C=C/CC/C=C/CCCC(O)C(O)C(COC1OC(CO)C(O)C(O)C1O)NC(=O)C(O)CCCCCCCCCCCC/C=C\C/C=C\CCCCCCCCCCC. The van der Waals surface area contributed by atoms with Crippen molar-refractivity contribution in [2.75, 3.05) is 13.2 Å². The molecule has 1 saturated heterocycles. The van der Waals surface area contributed by atoms with E-state index in [1.807, 2.05) is 0 Å². The van der Waals surface area contributed by atoms with Gasteiger partial charge < -0.3 is 50.5 Å². The molecule has 0 aromatic carbocycles. The normalized spacial score (nSPS) is 20.6. The number of aliphatic hydroxyl groups excluding tert-OH is 7. The number of ether oxygens (including phenoxy) is 2. The number of carbonyl (C=O) groups excluding carboxylic acids is 1. The summed E-state index contributed by atoms with van der Waals surface area (Å²) in [4.78, 5) is 13.2. The Balaban J connectivity index is 2.34. The molecule has 1 heterocycles. The molecule has 1 rings (SSSR count). The van der Waals surface area contributed by atoms with Crippen molar-refractivity contribution in [1.82, 2.24) is 5.32 Å². The first-order chi connectivity index (χ1) is 34.7. The van der Waals surface area contributed by atoms with Crippen molar-refractivity contribution in [2.24, 2.45) is 0 Å². The second-order valence-electron chi connectivity index (χ2n) is 20.3. The van der Waals surface area contributed by atoms with E-state index in [2.05, 4.69) is 79.9 Å². The smallest absolute Gasteiger partial charge is 0.249 e. The molecule has 71 heavy (non-hydrogen) atoms. The van der Waals surface area contributed by atoms with Crippen molar-refractivity contribution in [3.63, 3.8) is 0 Å². The fourth-order valence-electron chi connectivity index (χ4n) is 8.97. The lowest BCUT2D eigenvalue weighted by atomic mass is 9.98. The van der Waals surface area contributed by atoms with Crippen LogP contribution in [0.15, 0.2) is 60.8 Å². The molecule has 11 nitrogen and oxygen atoms in total. The molecule has 9 atom stereocenters. The first-order valence-corrected chi connectivity index (χ1v) is 29.2. The van der Waals surface area contributed by atoms with E-state index < -0.39 is 74.2 Å². The summed E-state index contributed by atoms with van der Waals surface area (Å²) in [6, 6.07) is -1.20. The van der Waals surface area contributed by atoms with Gasteiger partial charge in [-0.15, -0.1) is 0 Å². The average Bonchev–Trinajstić information content (AvgIpc) is 3.37. The van der Waals surface area contributed by atoms with E-state index in [9.17, 15) is 40.5 Å². The van der Waals surface area contributed by atoms with E-state index in [-0.39, 0.29) is 12.8 Å². The second kappa shape index (κ2) is 48.7. The van der Waals surface area contributed by atoms with Crippen LogP contribution in [0.1, 0.15) is 245 Å². The molecule has 1 fully saturated rings. The van der Waals surface area contributed by atoms with E-state index >= 15 is 0 Å². The lowest BCUT2D eigenvalue weighted by molar-refractivity contribution is -0.303. The largest absolute Gasteiger partial charge is 0.394 e. The summed E-state index contributed by atoms with van der Waals surface area (Å²) in [6.07, 6.45) is 51.3. The molecule has 0 spiro atoms. The third-order valence-corrected chi connectivity index (χ3v) is 13.7. The van der Waals surface area contributed by atoms with Crippen LogP contribution in [-0.2, 0) is 14.3 Å². The standard InChI is InChI=1S/C60H109NO10/c1-3-5-7-9-11-13-15-17-19-21-23-24-25-26-27-28-29-30-32-34-36-38-40-42-44-46-48-53(64)59(69)61-51(50-70-60-58(68)57(67)56(66)54(49-62)71-60)55(65)52(63)47-45-43-41-39-37-35-33-31-22-20-18-16-14-12-10-8-6-4-2/h16,18,23-24,26-27,31,33,39,41,51-58,60,62-68H,3-15,17,19-22,25,28-30,32,34-38,40,42-50H2,1-2H3,(H,61,69)/b18-16+,24-23-,27-26-,33-31+,41-39+. The van der Waals surface area contributed by atoms with E-state index in [0.29, 0.717) is 19.3 Å². The number of rotatable bonds is 49. The second-order valence-corrected chi connectivity index (χ2v) is 20.3. The Kier molecular flexibility index (Phi) is 45.9. The monoisotopic (exact) mass is 1000 g/mol. The number of carbonyl (C=O) groups is 1. The van der Waals surface area contributed by atoms with Crippen molar-refractivity contribution in [1.29, 1.82) is 0 Å². The van der Waals surface area contributed by atoms with Crippen LogP contribution in [0.5, 0.6) is 0 Å². The van der Waals surface area contributed by atoms with Crippen LogP contribution in [-0.4, -0.2) is 110 Å². The fourth-order valence-corrected chi connectivity index (χ4v) is 8.97. The Morgan fingerprint density at radius 1 is 0.493 bits per heavy atom. The van der Waals surface area contributed by atoms with E-state index in [1.165, 1.54) is 141 Å². The predicted octanol–water partition coefficient (Wildman–Crippen LogP) is 12.2.